The normalized spacial score (nSPS) is 11.3. The first-order chi connectivity index (χ1) is 13.8. The molecule has 0 fully saturated rings. The van der Waals surface area contributed by atoms with E-state index in [1.165, 1.54) is 16.7 Å². The molecule has 0 radical (unpaired) electrons. The molecule has 4 aromatic carbocycles. The molecule has 0 saturated heterocycles. The van der Waals surface area contributed by atoms with Crippen LogP contribution in [0.1, 0.15) is 22.3 Å². The third-order valence-electron chi connectivity index (χ3n) is 5.09. The Balaban J connectivity index is 0.00000240. The minimum absolute atomic E-state index is 0. The molecule has 0 spiro atoms. The van der Waals surface area contributed by atoms with Gasteiger partial charge in [0.15, 0.2) is 0 Å². The Bertz CT molecular complexity index is 923. The molecule has 0 amide bonds. The smallest absolute Gasteiger partial charge is 0.115 e. The maximum atomic E-state index is 9.90. The summed E-state index contributed by atoms with van der Waals surface area (Å²) in [4.78, 5) is 0. The molecule has 1 unspecified atom stereocenters. The Morgan fingerprint density at radius 2 is 1.03 bits per heavy atom. The Hall–Kier alpha value is -2.41. The van der Waals surface area contributed by atoms with Gasteiger partial charge < -0.3 is 5.11 Å². The number of phenolic OH excluding ortho intramolecular Hbond substituents is 1. The van der Waals surface area contributed by atoms with E-state index < -0.39 is 0 Å². The van der Waals surface area contributed by atoms with Crippen LogP contribution in [0.25, 0.3) is 0 Å². The van der Waals surface area contributed by atoms with E-state index in [1.807, 2.05) is 12.1 Å². The Labute approximate surface area is 185 Å². The molecule has 29 heavy (non-hydrogen) atoms. The van der Waals surface area contributed by atoms with Crippen molar-refractivity contribution in [3.63, 3.8) is 0 Å². The lowest BCUT2D eigenvalue weighted by atomic mass is 9.84. The molecule has 1 atom stereocenters. The van der Waals surface area contributed by atoms with Crippen LogP contribution in [0.5, 0.6) is 5.75 Å². The van der Waals surface area contributed by atoms with Gasteiger partial charge in [0.05, 0.1) is 5.16 Å². The SMILES string of the molecule is Br.Oc1cccc(CPC(c2ccccc2)(c2ccccc2)c2ccccc2)c1. The van der Waals surface area contributed by atoms with E-state index in [0.717, 1.165) is 11.7 Å². The molecule has 4 aromatic rings. The monoisotopic (exact) mass is 462 g/mol. The summed E-state index contributed by atoms with van der Waals surface area (Å²) in [6.45, 7) is 0. The van der Waals surface area contributed by atoms with Gasteiger partial charge in [-0.15, -0.1) is 17.0 Å². The fraction of sp³-hybridized carbons (Fsp3) is 0.0769. The maximum absolute atomic E-state index is 9.90. The predicted octanol–water partition coefficient (Wildman–Crippen LogP) is 7.14. The highest BCUT2D eigenvalue weighted by Crippen LogP contribution is 2.53. The van der Waals surface area contributed by atoms with Crippen molar-refractivity contribution in [2.24, 2.45) is 0 Å². The van der Waals surface area contributed by atoms with E-state index >= 15 is 0 Å². The van der Waals surface area contributed by atoms with Crippen molar-refractivity contribution >= 4 is 25.6 Å². The van der Waals surface area contributed by atoms with Crippen LogP contribution < -0.4 is 0 Å². The zero-order chi connectivity index (χ0) is 19.2. The third-order valence-corrected chi connectivity index (χ3v) is 7.07. The first-order valence-corrected chi connectivity index (χ1v) is 10.7. The van der Waals surface area contributed by atoms with Gasteiger partial charge in [-0.25, -0.2) is 0 Å². The molecule has 0 heterocycles. The average molecular weight is 463 g/mol. The summed E-state index contributed by atoms with van der Waals surface area (Å²) in [6.07, 6.45) is 0.896. The van der Waals surface area contributed by atoms with Crippen LogP contribution in [0, 0.1) is 0 Å². The molecule has 146 valence electrons. The van der Waals surface area contributed by atoms with Gasteiger partial charge in [0.2, 0.25) is 0 Å². The van der Waals surface area contributed by atoms with Crippen LogP contribution >= 0.6 is 25.6 Å². The summed E-state index contributed by atoms with van der Waals surface area (Å²) in [5, 5.41) is 9.67. The number of hydrogen-bond acceptors (Lipinski definition) is 1. The first-order valence-electron chi connectivity index (χ1n) is 9.48. The maximum Gasteiger partial charge on any atom is 0.115 e. The van der Waals surface area contributed by atoms with E-state index in [-0.39, 0.29) is 22.1 Å². The van der Waals surface area contributed by atoms with Gasteiger partial charge in [-0.3, -0.25) is 0 Å². The number of halogens is 1. The standard InChI is InChI=1S/C26H23OP.BrH/c27-25-18-10-11-21(19-25)20-28-26(22-12-4-1-5-13-22,23-14-6-2-7-15-23)24-16-8-3-9-17-24;/h1-19,27-28H,20H2;1H. The summed E-state index contributed by atoms with van der Waals surface area (Å²) in [6, 6.07) is 39.9. The molecular formula is C26H24BrOP. The molecular weight excluding hydrogens is 439 g/mol. The molecule has 0 aliphatic rings. The minimum atomic E-state index is -0.227. The molecule has 1 N–H and O–H groups in total. The van der Waals surface area contributed by atoms with Gasteiger partial charge in [-0.05, 0) is 40.5 Å². The molecule has 0 aliphatic carbocycles. The van der Waals surface area contributed by atoms with Crippen molar-refractivity contribution in [2.75, 3.05) is 0 Å². The first kappa shape index (κ1) is 21.3. The molecule has 3 heteroatoms. The highest BCUT2D eigenvalue weighted by Gasteiger charge is 2.35. The number of aromatic hydroxyl groups is 1. The Morgan fingerprint density at radius 3 is 1.45 bits per heavy atom. The van der Waals surface area contributed by atoms with Crippen molar-refractivity contribution in [1.29, 1.82) is 0 Å². The van der Waals surface area contributed by atoms with Gasteiger partial charge in [-0.2, -0.15) is 0 Å². The van der Waals surface area contributed by atoms with Crippen LogP contribution in [0.15, 0.2) is 115 Å². The lowest BCUT2D eigenvalue weighted by Gasteiger charge is -2.36. The summed E-state index contributed by atoms with van der Waals surface area (Å²) >= 11 is 0. The van der Waals surface area contributed by atoms with Crippen LogP contribution in [0.2, 0.25) is 0 Å². The highest BCUT2D eigenvalue weighted by molar-refractivity contribution is 8.93. The van der Waals surface area contributed by atoms with Crippen molar-refractivity contribution in [3.8, 4) is 5.75 Å². The van der Waals surface area contributed by atoms with E-state index in [1.54, 1.807) is 6.07 Å². The summed E-state index contributed by atoms with van der Waals surface area (Å²) < 4.78 is 0. The molecule has 1 nitrogen and oxygen atoms in total. The van der Waals surface area contributed by atoms with Gasteiger partial charge in [-0.1, -0.05) is 112 Å². The Kier molecular flexibility index (Phi) is 7.25. The Morgan fingerprint density at radius 1 is 0.586 bits per heavy atom. The van der Waals surface area contributed by atoms with Crippen LogP contribution in [-0.2, 0) is 11.3 Å². The lowest BCUT2D eigenvalue weighted by molar-refractivity contribution is 0.475. The summed E-state index contributed by atoms with van der Waals surface area (Å²) in [5.74, 6) is 0.326. The highest BCUT2D eigenvalue weighted by atomic mass is 79.9. The van der Waals surface area contributed by atoms with Crippen LogP contribution in [0.4, 0.5) is 0 Å². The number of rotatable bonds is 6. The van der Waals surface area contributed by atoms with Gasteiger partial charge >= 0.3 is 0 Å². The molecule has 0 aliphatic heterocycles. The van der Waals surface area contributed by atoms with E-state index in [9.17, 15) is 5.11 Å². The van der Waals surface area contributed by atoms with Gasteiger partial charge in [0, 0.05) is 0 Å². The van der Waals surface area contributed by atoms with E-state index in [0.29, 0.717) is 14.3 Å². The quantitative estimate of drug-likeness (QED) is 0.238. The predicted molar refractivity (Wildman–Crippen MR) is 130 cm³/mol. The lowest BCUT2D eigenvalue weighted by Crippen LogP contribution is -2.24. The summed E-state index contributed by atoms with van der Waals surface area (Å²) in [5.41, 5.74) is 5.05. The van der Waals surface area contributed by atoms with Gasteiger partial charge in [0.25, 0.3) is 0 Å². The minimum Gasteiger partial charge on any atom is -0.508 e. The third kappa shape index (κ3) is 4.61. The van der Waals surface area contributed by atoms with Crippen molar-refractivity contribution in [3.05, 3.63) is 138 Å². The van der Waals surface area contributed by atoms with Crippen molar-refractivity contribution in [2.45, 2.75) is 11.3 Å². The average Bonchev–Trinajstić information content (AvgIpc) is 2.77. The molecule has 4 rings (SSSR count). The zero-order valence-corrected chi connectivity index (χ0v) is 18.7. The van der Waals surface area contributed by atoms with Gasteiger partial charge in [0.1, 0.15) is 5.75 Å². The zero-order valence-electron chi connectivity index (χ0n) is 16.0. The molecule has 0 bridgehead atoms. The topological polar surface area (TPSA) is 20.2 Å². The number of phenols is 1. The summed E-state index contributed by atoms with van der Waals surface area (Å²) in [7, 11) is 0.589. The van der Waals surface area contributed by atoms with E-state index in [4.69, 9.17) is 0 Å². The second-order valence-electron chi connectivity index (χ2n) is 6.87. The second kappa shape index (κ2) is 9.87. The van der Waals surface area contributed by atoms with Crippen LogP contribution in [0.3, 0.4) is 0 Å². The largest absolute Gasteiger partial charge is 0.508 e. The number of benzene rings is 4. The van der Waals surface area contributed by atoms with Crippen LogP contribution in [-0.4, -0.2) is 5.11 Å². The van der Waals surface area contributed by atoms with E-state index in [2.05, 4.69) is 97.1 Å². The molecule has 0 aromatic heterocycles. The fourth-order valence-corrected chi connectivity index (χ4v) is 5.57. The number of hydrogen-bond donors (Lipinski definition) is 1. The fourth-order valence-electron chi connectivity index (χ4n) is 3.77. The van der Waals surface area contributed by atoms with Crippen molar-refractivity contribution < 1.29 is 5.11 Å². The second-order valence-corrected chi connectivity index (χ2v) is 8.33. The molecule has 0 saturated carbocycles. The van der Waals surface area contributed by atoms with Crippen molar-refractivity contribution in [1.82, 2.24) is 0 Å².